The Labute approximate surface area is 179 Å². The Kier molecular flexibility index (Phi) is 5.34. The van der Waals surface area contributed by atoms with Gasteiger partial charge in [-0.3, -0.25) is 14.8 Å². The van der Waals surface area contributed by atoms with Crippen LogP contribution in [-0.2, 0) is 29.2 Å². The highest BCUT2D eigenvalue weighted by atomic mass is 35.5. The van der Waals surface area contributed by atoms with Crippen molar-refractivity contribution < 1.29 is 8.42 Å². The Bertz CT molecular complexity index is 1330. The third-order valence-corrected chi connectivity index (χ3v) is 7.02. The molecular weight excluding hydrogens is 422 g/mol. The summed E-state index contributed by atoms with van der Waals surface area (Å²) in [6.07, 6.45) is 3.44. The van der Waals surface area contributed by atoms with Crippen molar-refractivity contribution in [2.24, 2.45) is 12.0 Å². The van der Waals surface area contributed by atoms with E-state index in [0.29, 0.717) is 17.3 Å². The van der Waals surface area contributed by atoms with Gasteiger partial charge in [0.05, 0.1) is 23.7 Å². The first kappa shape index (κ1) is 20.5. The molecule has 0 saturated carbocycles. The topological polar surface area (TPSA) is 81.4 Å². The number of nitrogens with zero attached hydrogens (tertiary/aromatic N) is 3. The zero-order valence-electron chi connectivity index (χ0n) is 16.6. The minimum Gasteiger partial charge on any atom is -0.318 e. The van der Waals surface area contributed by atoms with Crippen LogP contribution in [0.3, 0.4) is 0 Å². The summed E-state index contributed by atoms with van der Waals surface area (Å²) in [6, 6.07) is 10.7. The Morgan fingerprint density at radius 1 is 1.10 bits per heavy atom. The summed E-state index contributed by atoms with van der Waals surface area (Å²) in [5, 5.41) is 0.623. The molecule has 0 fully saturated rings. The molecule has 0 atom stereocenters. The van der Waals surface area contributed by atoms with Crippen molar-refractivity contribution in [3.8, 4) is 11.1 Å². The smallest absolute Gasteiger partial charge is 0.250 e. The molecule has 1 aliphatic heterocycles. The molecule has 4 rings (SSSR count). The second kappa shape index (κ2) is 7.81. The maximum absolute atomic E-state index is 12.2. The van der Waals surface area contributed by atoms with Crippen LogP contribution in [0, 0.1) is 0 Å². The highest BCUT2D eigenvalue weighted by Crippen LogP contribution is 2.32. The zero-order valence-corrected chi connectivity index (χ0v) is 18.2. The second-order valence-electron chi connectivity index (χ2n) is 7.23. The summed E-state index contributed by atoms with van der Waals surface area (Å²) < 4.78 is 25.8. The van der Waals surface area contributed by atoms with E-state index in [-0.39, 0.29) is 17.1 Å². The predicted octanol–water partition coefficient (Wildman–Crippen LogP) is 3.39. The van der Waals surface area contributed by atoms with Gasteiger partial charge in [-0.25, -0.2) is 8.42 Å². The molecule has 30 heavy (non-hydrogen) atoms. The molecule has 154 valence electrons. The number of halogens is 1. The molecule has 2 aromatic heterocycles. The van der Waals surface area contributed by atoms with E-state index in [1.165, 1.54) is 4.57 Å². The fourth-order valence-corrected chi connectivity index (χ4v) is 4.40. The van der Waals surface area contributed by atoms with Gasteiger partial charge >= 0.3 is 0 Å². The maximum Gasteiger partial charge on any atom is 0.250 e. The highest BCUT2D eigenvalue weighted by molar-refractivity contribution is 7.90. The van der Waals surface area contributed by atoms with Crippen LogP contribution in [0.2, 0.25) is 5.02 Å². The number of hydrogen-bond donors (Lipinski definition) is 0. The molecule has 0 aliphatic carbocycles. The van der Waals surface area contributed by atoms with Gasteiger partial charge in [-0.1, -0.05) is 30.7 Å². The van der Waals surface area contributed by atoms with E-state index in [1.807, 2.05) is 12.1 Å². The Morgan fingerprint density at radius 2 is 1.83 bits per heavy atom. The molecule has 3 aromatic rings. The van der Waals surface area contributed by atoms with Crippen molar-refractivity contribution in [2.45, 2.75) is 19.2 Å². The molecule has 0 spiro atoms. The third kappa shape index (κ3) is 3.95. The molecule has 0 N–H and O–H groups in total. The Hall–Kier alpha value is -2.77. The fourth-order valence-electron chi connectivity index (χ4n) is 3.46. The standard InChI is InChI=1S/C22H20ClN3O3S/c1-3-30(28,29)13-17-9-18-19(11-24-17)22(14-4-6-16(23)7-5-14)25-10-15-8-21(27)26(2)12-20(15)18/h4-9,11-12H,3,10,13H2,1-2H3. The lowest BCUT2D eigenvalue weighted by Crippen LogP contribution is -2.16. The van der Waals surface area contributed by atoms with Gasteiger partial charge < -0.3 is 4.57 Å². The van der Waals surface area contributed by atoms with Gasteiger partial charge in [0.1, 0.15) is 0 Å². The molecule has 0 unspecified atom stereocenters. The molecule has 6 nitrogen and oxygen atoms in total. The van der Waals surface area contributed by atoms with Crippen LogP contribution in [0.15, 0.2) is 58.6 Å². The maximum atomic E-state index is 12.2. The van der Waals surface area contributed by atoms with E-state index in [2.05, 4.69) is 4.98 Å². The van der Waals surface area contributed by atoms with Crippen molar-refractivity contribution in [2.75, 3.05) is 5.75 Å². The summed E-state index contributed by atoms with van der Waals surface area (Å²) >= 11 is 6.04. The number of rotatable bonds is 4. The number of sulfone groups is 1. The Morgan fingerprint density at radius 3 is 2.53 bits per heavy atom. The van der Waals surface area contributed by atoms with Crippen LogP contribution in [0.25, 0.3) is 11.1 Å². The van der Waals surface area contributed by atoms with Crippen LogP contribution >= 0.6 is 11.6 Å². The van der Waals surface area contributed by atoms with E-state index in [0.717, 1.165) is 33.5 Å². The van der Waals surface area contributed by atoms with Gasteiger partial charge in [-0.2, -0.15) is 0 Å². The van der Waals surface area contributed by atoms with E-state index in [4.69, 9.17) is 16.6 Å². The summed E-state index contributed by atoms with van der Waals surface area (Å²) in [7, 11) is -1.54. The van der Waals surface area contributed by atoms with Crippen molar-refractivity contribution in [3.05, 3.63) is 86.6 Å². The molecule has 1 aromatic carbocycles. The summed E-state index contributed by atoms with van der Waals surface area (Å²) in [5.41, 5.74) is 5.17. The SMILES string of the molecule is CCS(=O)(=O)Cc1cc2c(cn1)C(c1ccc(Cl)cc1)=NCc1cc(=O)n(C)cc1-2. The van der Waals surface area contributed by atoms with Crippen LogP contribution in [-0.4, -0.2) is 29.4 Å². The molecule has 3 heterocycles. The van der Waals surface area contributed by atoms with E-state index >= 15 is 0 Å². The first-order chi connectivity index (χ1) is 14.3. The molecule has 0 bridgehead atoms. The van der Waals surface area contributed by atoms with Gasteiger partial charge in [-0.15, -0.1) is 0 Å². The summed E-state index contributed by atoms with van der Waals surface area (Å²) in [4.78, 5) is 21.4. The van der Waals surface area contributed by atoms with Crippen molar-refractivity contribution in [3.63, 3.8) is 0 Å². The highest BCUT2D eigenvalue weighted by Gasteiger charge is 2.22. The minimum atomic E-state index is -3.23. The molecule has 8 heteroatoms. The van der Waals surface area contributed by atoms with Gasteiger partial charge in [0.2, 0.25) is 0 Å². The van der Waals surface area contributed by atoms with Crippen LogP contribution < -0.4 is 5.56 Å². The van der Waals surface area contributed by atoms with E-state index in [1.54, 1.807) is 50.6 Å². The molecule has 0 saturated heterocycles. The summed E-state index contributed by atoms with van der Waals surface area (Å²) in [5.74, 6) is -0.0837. The van der Waals surface area contributed by atoms with E-state index in [9.17, 15) is 13.2 Å². The predicted molar refractivity (Wildman–Crippen MR) is 119 cm³/mol. The van der Waals surface area contributed by atoms with Crippen molar-refractivity contribution in [1.29, 1.82) is 0 Å². The zero-order chi connectivity index (χ0) is 21.5. The van der Waals surface area contributed by atoms with Gasteiger partial charge in [0.15, 0.2) is 9.84 Å². The molecule has 0 amide bonds. The quantitative estimate of drug-likeness (QED) is 0.621. The number of hydrogen-bond acceptors (Lipinski definition) is 5. The minimum absolute atomic E-state index is 0.0499. The van der Waals surface area contributed by atoms with Crippen molar-refractivity contribution >= 4 is 27.1 Å². The van der Waals surface area contributed by atoms with Gasteiger partial charge in [0, 0.05) is 53.0 Å². The molecule has 0 radical (unpaired) electrons. The summed E-state index contributed by atoms with van der Waals surface area (Å²) in [6.45, 7) is 1.95. The largest absolute Gasteiger partial charge is 0.318 e. The second-order valence-corrected chi connectivity index (χ2v) is 10.0. The first-order valence-electron chi connectivity index (χ1n) is 9.47. The third-order valence-electron chi connectivity index (χ3n) is 5.15. The van der Waals surface area contributed by atoms with E-state index < -0.39 is 9.84 Å². The van der Waals surface area contributed by atoms with Crippen LogP contribution in [0.4, 0.5) is 0 Å². The average molecular weight is 442 g/mol. The molecule has 1 aliphatic rings. The lowest BCUT2D eigenvalue weighted by atomic mass is 9.94. The first-order valence-corrected chi connectivity index (χ1v) is 11.7. The normalized spacial score (nSPS) is 13.2. The van der Waals surface area contributed by atoms with Crippen molar-refractivity contribution in [1.82, 2.24) is 9.55 Å². The molecular formula is C22H20ClN3O3S. The average Bonchev–Trinajstić information content (AvgIpc) is 2.86. The number of aryl methyl sites for hydroxylation is 1. The number of pyridine rings is 2. The van der Waals surface area contributed by atoms with Gasteiger partial charge in [0.25, 0.3) is 5.56 Å². The monoisotopic (exact) mass is 441 g/mol. The van der Waals surface area contributed by atoms with Crippen LogP contribution in [0.5, 0.6) is 0 Å². The number of aliphatic imine (C=N–C) groups is 1. The number of benzene rings is 1. The van der Waals surface area contributed by atoms with Gasteiger partial charge in [-0.05, 0) is 29.3 Å². The lowest BCUT2D eigenvalue weighted by Gasteiger charge is -2.14. The number of fused-ring (bicyclic) bond motifs is 3. The number of aromatic nitrogens is 2. The van der Waals surface area contributed by atoms with Crippen LogP contribution in [0.1, 0.15) is 29.3 Å². The fraction of sp³-hybridized carbons (Fsp3) is 0.227. The lowest BCUT2D eigenvalue weighted by molar-refractivity contribution is 0.596. The Balaban J connectivity index is 1.95.